The van der Waals surface area contributed by atoms with Crippen molar-refractivity contribution in [3.63, 3.8) is 0 Å². The van der Waals surface area contributed by atoms with E-state index in [9.17, 15) is 18.5 Å². The smallest absolute Gasteiger partial charge is 0.269 e. The molecule has 1 atom stereocenters. The molecule has 0 aromatic heterocycles. The number of nitro benzene ring substituents is 1. The molecule has 8 heteroatoms. The van der Waals surface area contributed by atoms with Crippen molar-refractivity contribution in [3.05, 3.63) is 64.2 Å². The van der Waals surface area contributed by atoms with Crippen LogP contribution in [-0.2, 0) is 16.6 Å². The predicted molar refractivity (Wildman–Crippen MR) is 101 cm³/mol. The Balaban J connectivity index is 1.91. The highest BCUT2D eigenvalue weighted by molar-refractivity contribution is 7.89. The van der Waals surface area contributed by atoms with Crippen LogP contribution < -0.4 is 4.74 Å². The van der Waals surface area contributed by atoms with Crippen molar-refractivity contribution in [2.75, 3.05) is 7.11 Å². The summed E-state index contributed by atoms with van der Waals surface area (Å²) in [5.41, 5.74) is 0.722. The Morgan fingerprint density at radius 1 is 1.15 bits per heavy atom. The molecule has 0 N–H and O–H groups in total. The van der Waals surface area contributed by atoms with Crippen molar-refractivity contribution >= 4 is 15.7 Å². The van der Waals surface area contributed by atoms with Crippen molar-refractivity contribution < 1.29 is 18.1 Å². The van der Waals surface area contributed by atoms with Crippen LogP contribution in [0.2, 0.25) is 0 Å². The monoisotopic (exact) mass is 390 g/mol. The lowest BCUT2D eigenvalue weighted by Gasteiger charge is -2.28. The molecule has 3 rings (SSSR count). The molecule has 0 saturated heterocycles. The Bertz CT molecular complexity index is 906. The first-order valence-electron chi connectivity index (χ1n) is 8.72. The molecule has 0 bridgehead atoms. The molecule has 1 saturated carbocycles. The SMILES string of the molecule is COc1ccc(CN(C(C)C2CC2)S(=O)(=O)c2ccc([N+](=O)[O-])cc2)cc1. The third-order valence-electron chi connectivity index (χ3n) is 4.91. The number of non-ortho nitro benzene ring substituents is 1. The van der Waals surface area contributed by atoms with Crippen LogP contribution in [0.25, 0.3) is 0 Å². The average molecular weight is 390 g/mol. The fraction of sp³-hybridized carbons (Fsp3) is 0.368. The second-order valence-electron chi connectivity index (χ2n) is 6.73. The van der Waals surface area contributed by atoms with Gasteiger partial charge in [0.2, 0.25) is 10.0 Å². The second-order valence-corrected chi connectivity index (χ2v) is 8.62. The van der Waals surface area contributed by atoms with Crippen molar-refractivity contribution in [2.24, 2.45) is 5.92 Å². The predicted octanol–water partition coefficient (Wildman–Crippen LogP) is 3.59. The number of rotatable bonds is 8. The van der Waals surface area contributed by atoms with E-state index in [0.29, 0.717) is 11.7 Å². The number of nitrogens with zero attached hydrogens (tertiary/aromatic N) is 2. The number of nitro groups is 1. The summed E-state index contributed by atoms with van der Waals surface area (Å²) >= 11 is 0. The van der Waals surface area contributed by atoms with E-state index in [2.05, 4.69) is 0 Å². The van der Waals surface area contributed by atoms with Crippen LogP contribution >= 0.6 is 0 Å². The quantitative estimate of drug-likeness (QED) is 0.507. The van der Waals surface area contributed by atoms with Gasteiger partial charge >= 0.3 is 0 Å². The summed E-state index contributed by atoms with van der Waals surface area (Å²) in [5.74, 6) is 1.05. The van der Waals surface area contributed by atoms with Gasteiger partial charge in [0.1, 0.15) is 5.75 Å². The van der Waals surface area contributed by atoms with Crippen LogP contribution in [0.1, 0.15) is 25.3 Å². The van der Waals surface area contributed by atoms with Crippen LogP contribution in [-0.4, -0.2) is 30.8 Å². The molecule has 1 fully saturated rings. The van der Waals surface area contributed by atoms with E-state index in [1.807, 2.05) is 19.1 Å². The van der Waals surface area contributed by atoms with E-state index in [1.165, 1.54) is 28.6 Å². The number of sulfonamides is 1. The van der Waals surface area contributed by atoms with Crippen molar-refractivity contribution in [1.29, 1.82) is 0 Å². The summed E-state index contributed by atoms with van der Waals surface area (Å²) in [7, 11) is -2.20. The standard InChI is InChI=1S/C19H22N2O5S/c1-14(16-5-6-16)20(13-15-3-9-18(26-2)10-4-15)27(24,25)19-11-7-17(8-12-19)21(22)23/h3-4,7-12,14,16H,5-6,13H2,1-2H3. The molecule has 144 valence electrons. The molecule has 27 heavy (non-hydrogen) atoms. The molecule has 2 aromatic carbocycles. The first kappa shape index (κ1) is 19.3. The van der Waals surface area contributed by atoms with Gasteiger partial charge < -0.3 is 4.74 Å². The van der Waals surface area contributed by atoms with Crippen molar-refractivity contribution in [3.8, 4) is 5.75 Å². The van der Waals surface area contributed by atoms with Gasteiger partial charge in [-0.25, -0.2) is 8.42 Å². The van der Waals surface area contributed by atoms with Crippen LogP contribution in [0, 0.1) is 16.0 Å². The summed E-state index contributed by atoms with van der Waals surface area (Å²) in [6.07, 6.45) is 2.02. The normalized spacial score (nSPS) is 15.5. The number of hydrogen-bond acceptors (Lipinski definition) is 5. The first-order chi connectivity index (χ1) is 12.8. The molecule has 2 aromatic rings. The highest BCUT2D eigenvalue weighted by Crippen LogP contribution is 2.38. The largest absolute Gasteiger partial charge is 0.497 e. The van der Waals surface area contributed by atoms with Gasteiger partial charge in [-0.1, -0.05) is 12.1 Å². The average Bonchev–Trinajstić information content (AvgIpc) is 3.51. The fourth-order valence-electron chi connectivity index (χ4n) is 3.05. The topological polar surface area (TPSA) is 89.8 Å². The lowest BCUT2D eigenvalue weighted by Crippen LogP contribution is -2.39. The Morgan fingerprint density at radius 3 is 2.22 bits per heavy atom. The fourth-order valence-corrected chi connectivity index (χ4v) is 4.73. The third-order valence-corrected chi connectivity index (χ3v) is 6.86. The zero-order valence-electron chi connectivity index (χ0n) is 15.2. The number of methoxy groups -OCH3 is 1. The molecule has 1 aliphatic rings. The van der Waals surface area contributed by atoms with E-state index in [4.69, 9.17) is 4.74 Å². The molecule has 0 spiro atoms. The second kappa shape index (κ2) is 7.66. The van der Waals surface area contributed by atoms with Gasteiger partial charge in [-0.3, -0.25) is 10.1 Å². The summed E-state index contributed by atoms with van der Waals surface area (Å²) in [6, 6.07) is 12.2. The molecular weight excluding hydrogens is 368 g/mol. The Labute approximate surface area is 158 Å². The molecule has 1 aliphatic carbocycles. The number of hydrogen-bond donors (Lipinski definition) is 0. The van der Waals surface area contributed by atoms with Gasteiger partial charge in [0.25, 0.3) is 5.69 Å². The zero-order chi connectivity index (χ0) is 19.6. The summed E-state index contributed by atoms with van der Waals surface area (Å²) < 4.78 is 33.1. The molecule has 0 heterocycles. The minimum Gasteiger partial charge on any atom is -0.497 e. The molecular formula is C19H22N2O5S. The summed E-state index contributed by atoms with van der Waals surface area (Å²) in [4.78, 5) is 10.4. The molecule has 1 unspecified atom stereocenters. The lowest BCUT2D eigenvalue weighted by atomic mass is 10.1. The van der Waals surface area contributed by atoms with Crippen LogP contribution in [0.5, 0.6) is 5.75 Å². The van der Waals surface area contributed by atoms with Gasteiger partial charge in [0.15, 0.2) is 0 Å². The zero-order valence-corrected chi connectivity index (χ0v) is 16.1. The highest BCUT2D eigenvalue weighted by atomic mass is 32.2. The minimum atomic E-state index is -3.78. The maximum absolute atomic E-state index is 13.2. The van der Waals surface area contributed by atoms with Crippen LogP contribution in [0.15, 0.2) is 53.4 Å². The molecule has 0 radical (unpaired) electrons. The van der Waals surface area contributed by atoms with E-state index in [1.54, 1.807) is 19.2 Å². The maximum atomic E-state index is 13.2. The van der Waals surface area contributed by atoms with Crippen molar-refractivity contribution in [1.82, 2.24) is 4.31 Å². The summed E-state index contributed by atoms with van der Waals surface area (Å²) in [6.45, 7) is 2.16. The van der Waals surface area contributed by atoms with Gasteiger partial charge in [-0.15, -0.1) is 0 Å². The number of benzene rings is 2. The van der Waals surface area contributed by atoms with Crippen LogP contribution in [0.3, 0.4) is 0 Å². The van der Waals surface area contributed by atoms with Gasteiger partial charge in [0.05, 0.1) is 16.9 Å². The maximum Gasteiger partial charge on any atom is 0.269 e. The lowest BCUT2D eigenvalue weighted by molar-refractivity contribution is -0.384. The first-order valence-corrected chi connectivity index (χ1v) is 10.2. The number of ether oxygens (including phenoxy) is 1. The van der Waals surface area contributed by atoms with Crippen LogP contribution in [0.4, 0.5) is 5.69 Å². The Morgan fingerprint density at radius 2 is 1.74 bits per heavy atom. The van der Waals surface area contributed by atoms with Gasteiger partial charge in [-0.2, -0.15) is 4.31 Å². The van der Waals surface area contributed by atoms with E-state index >= 15 is 0 Å². The Hall–Kier alpha value is -2.45. The van der Waals surface area contributed by atoms with E-state index < -0.39 is 14.9 Å². The Kier molecular flexibility index (Phi) is 5.48. The minimum absolute atomic E-state index is 0.0640. The van der Waals surface area contributed by atoms with Gasteiger partial charge in [0, 0.05) is 24.7 Å². The van der Waals surface area contributed by atoms with E-state index in [-0.39, 0.29) is 23.2 Å². The molecule has 7 nitrogen and oxygen atoms in total. The third kappa shape index (κ3) is 4.28. The van der Waals surface area contributed by atoms with Crippen molar-refractivity contribution in [2.45, 2.75) is 37.2 Å². The highest BCUT2D eigenvalue weighted by Gasteiger charge is 2.38. The molecule has 0 aliphatic heterocycles. The summed E-state index contributed by atoms with van der Waals surface area (Å²) in [5, 5.41) is 10.8. The van der Waals surface area contributed by atoms with E-state index in [0.717, 1.165) is 18.4 Å². The van der Waals surface area contributed by atoms with Gasteiger partial charge in [-0.05, 0) is 55.5 Å². The molecule has 0 amide bonds.